The summed E-state index contributed by atoms with van der Waals surface area (Å²) in [6.07, 6.45) is 14.9. The Labute approximate surface area is 674 Å². The average molecular weight is 1570 g/mol. The van der Waals surface area contributed by atoms with Gasteiger partial charge in [-0.2, -0.15) is 11.8 Å². The van der Waals surface area contributed by atoms with Gasteiger partial charge >= 0.3 is 6.09 Å². The molecule has 0 spiro atoms. The van der Waals surface area contributed by atoms with Crippen LogP contribution in [0.2, 0.25) is 0 Å². The molecule has 6 aliphatic rings. The second-order valence-electron chi connectivity index (χ2n) is 39.4. The zero-order chi connectivity index (χ0) is 86.2. The Morgan fingerprint density at radius 3 is 1.07 bits per heavy atom. The van der Waals surface area contributed by atoms with E-state index < -0.39 is 0 Å². The molecule has 0 aliphatic carbocycles. The Kier molecular flexibility index (Phi) is 39.2. The van der Waals surface area contributed by atoms with Crippen LogP contribution in [0.4, 0.5) is 4.79 Å². The molecule has 0 N–H and O–H groups in total. The number of piperidine rings is 2. The SMILES string of the molecule is CC(C)(C)N1CCCC1=O.CC(C)(C)N1CCCCC1=O.CC(C)(C)N1CCCCC1=O.CC(C)(C)N1CCOC1=O.CC(C)(C)N1CCSCC1=O.CC(C)(C)n1ccccc1=O.CC1CCC(=O)N1C(C)(C)C.Cc1ccc(=O)n(C(C)(C)C)c1.Cc1cccc(=O)n1C(C)(C)C.Cc1cccn(C(C)(C)C)c1=O. The molecule has 10 rings (SSSR count). The minimum atomic E-state index is -0.187. The Bertz CT molecular complexity index is 3700. The van der Waals surface area contributed by atoms with Crippen molar-refractivity contribution in [1.29, 1.82) is 0 Å². The minimum Gasteiger partial charge on any atom is -0.448 e. The van der Waals surface area contributed by atoms with Crippen molar-refractivity contribution >= 4 is 47.4 Å². The lowest BCUT2D eigenvalue weighted by atomic mass is 10.0. The van der Waals surface area contributed by atoms with E-state index in [4.69, 9.17) is 4.74 Å². The molecule has 0 radical (unpaired) electrons. The molecule has 111 heavy (non-hydrogen) atoms. The monoisotopic (exact) mass is 1570 g/mol. The Balaban J connectivity index is 0.000000617. The van der Waals surface area contributed by atoms with E-state index in [0.717, 1.165) is 107 Å². The highest BCUT2D eigenvalue weighted by Gasteiger charge is 2.37. The first-order valence-corrected chi connectivity index (χ1v) is 41.3. The number of cyclic esters (lactones) is 1. The van der Waals surface area contributed by atoms with Crippen LogP contribution in [0.5, 0.6) is 0 Å². The zero-order valence-electron chi connectivity index (χ0n) is 75.7. The fourth-order valence-electron chi connectivity index (χ4n) is 13.2. The summed E-state index contributed by atoms with van der Waals surface area (Å²) in [5.74, 6) is 3.30. The molecule has 1 unspecified atom stereocenters. The van der Waals surface area contributed by atoms with Crippen molar-refractivity contribution in [2.75, 3.05) is 50.8 Å². The van der Waals surface area contributed by atoms with Crippen molar-refractivity contribution in [2.45, 2.75) is 361 Å². The number of ether oxygens (including phenoxy) is 1. The molecular weight excluding hydrogens is 1420 g/mol. The van der Waals surface area contributed by atoms with E-state index in [-0.39, 0.29) is 89.6 Å². The number of aromatic nitrogens is 4. The molecular formula is C89H152N10O11S. The van der Waals surface area contributed by atoms with Crippen LogP contribution in [-0.2, 0) is 50.9 Å². The quantitative estimate of drug-likeness (QED) is 0.161. The molecule has 0 bridgehead atoms. The van der Waals surface area contributed by atoms with E-state index in [1.54, 1.807) is 65.3 Å². The fraction of sp³-hybridized carbons (Fsp3) is 0.708. The van der Waals surface area contributed by atoms with Gasteiger partial charge in [-0.05, 0) is 298 Å². The van der Waals surface area contributed by atoms with Gasteiger partial charge in [-0.15, -0.1) is 0 Å². The molecule has 630 valence electrons. The number of hydrogen-bond acceptors (Lipinski definition) is 12. The summed E-state index contributed by atoms with van der Waals surface area (Å²) in [6, 6.07) is 18.2. The summed E-state index contributed by atoms with van der Waals surface area (Å²) in [5, 5.41) is 0. The fourth-order valence-corrected chi connectivity index (χ4v) is 13.9. The second kappa shape index (κ2) is 42.8. The summed E-state index contributed by atoms with van der Waals surface area (Å²) in [7, 11) is 0. The molecule has 6 aliphatic heterocycles. The van der Waals surface area contributed by atoms with Crippen LogP contribution in [0.15, 0.2) is 98.4 Å². The molecule has 1 atom stereocenters. The van der Waals surface area contributed by atoms with Crippen LogP contribution in [0, 0.1) is 20.8 Å². The van der Waals surface area contributed by atoms with Crippen LogP contribution < -0.4 is 22.2 Å². The highest BCUT2D eigenvalue weighted by molar-refractivity contribution is 8.00. The lowest BCUT2D eigenvalue weighted by Gasteiger charge is -2.38. The maximum absolute atomic E-state index is 11.6. The Morgan fingerprint density at radius 2 is 0.784 bits per heavy atom. The molecule has 10 heterocycles. The highest BCUT2D eigenvalue weighted by atomic mass is 32.2. The van der Waals surface area contributed by atoms with Gasteiger partial charge < -0.3 is 47.5 Å². The number of amides is 6. The number of pyridine rings is 4. The van der Waals surface area contributed by atoms with Crippen molar-refractivity contribution in [2.24, 2.45) is 0 Å². The van der Waals surface area contributed by atoms with Gasteiger partial charge in [0.25, 0.3) is 22.2 Å². The molecule has 4 aromatic heterocycles. The maximum atomic E-state index is 11.6. The van der Waals surface area contributed by atoms with Gasteiger partial charge in [-0.25, -0.2) is 4.79 Å². The first-order chi connectivity index (χ1) is 50.3. The summed E-state index contributed by atoms with van der Waals surface area (Å²) < 4.78 is 11.8. The topological polar surface area (TPSA) is 219 Å². The van der Waals surface area contributed by atoms with Gasteiger partial charge in [-0.3, -0.25) is 48.1 Å². The molecule has 0 saturated carbocycles. The Hall–Kier alpha value is -7.23. The van der Waals surface area contributed by atoms with Gasteiger partial charge in [0.15, 0.2) is 0 Å². The summed E-state index contributed by atoms with van der Waals surface area (Å²) in [5.41, 5.74) is 2.75. The van der Waals surface area contributed by atoms with Gasteiger partial charge in [0, 0.05) is 167 Å². The number of likely N-dealkylation sites (tertiary alicyclic amines) is 4. The smallest absolute Gasteiger partial charge is 0.410 e. The summed E-state index contributed by atoms with van der Waals surface area (Å²) in [4.78, 5) is 125. The van der Waals surface area contributed by atoms with E-state index in [1.807, 2.05) is 198 Å². The molecule has 4 aromatic rings. The summed E-state index contributed by atoms with van der Waals surface area (Å²) in [6.45, 7) is 74.5. The molecule has 6 amide bonds. The summed E-state index contributed by atoms with van der Waals surface area (Å²) >= 11 is 1.73. The van der Waals surface area contributed by atoms with Crippen molar-refractivity contribution < 1.29 is 33.5 Å². The van der Waals surface area contributed by atoms with Crippen LogP contribution in [0.25, 0.3) is 0 Å². The van der Waals surface area contributed by atoms with E-state index in [0.29, 0.717) is 42.0 Å². The number of aryl methyl sites for hydroxylation is 3. The highest BCUT2D eigenvalue weighted by Crippen LogP contribution is 2.28. The molecule has 22 heteroatoms. The van der Waals surface area contributed by atoms with Gasteiger partial charge in [0.2, 0.25) is 29.5 Å². The van der Waals surface area contributed by atoms with E-state index in [9.17, 15) is 47.9 Å². The number of carbonyl (C=O) groups excluding carboxylic acids is 6. The van der Waals surface area contributed by atoms with E-state index in [1.165, 1.54) is 12.8 Å². The van der Waals surface area contributed by atoms with Crippen LogP contribution >= 0.6 is 11.8 Å². The number of rotatable bonds is 0. The van der Waals surface area contributed by atoms with E-state index in [2.05, 4.69) is 111 Å². The number of nitrogens with zero attached hydrogens (tertiary/aromatic N) is 10. The van der Waals surface area contributed by atoms with Crippen LogP contribution in [0.1, 0.15) is 296 Å². The predicted octanol–water partition coefficient (Wildman–Crippen LogP) is 16.7. The van der Waals surface area contributed by atoms with Crippen LogP contribution in [0.3, 0.4) is 0 Å². The molecule has 6 saturated heterocycles. The van der Waals surface area contributed by atoms with Crippen molar-refractivity contribution in [3.05, 3.63) is 137 Å². The predicted molar refractivity (Wildman–Crippen MR) is 460 cm³/mol. The molecule has 21 nitrogen and oxygen atoms in total. The largest absolute Gasteiger partial charge is 0.448 e. The number of carbonyl (C=O) groups is 6. The first kappa shape index (κ1) is 102. The van der Waals surface area contributed by atoms with Crippen molar-refractivity contribution in [3.8, 4) is 0 Å². The average Bonchev–Trinajstić information content (AvgIpc) is 1.82. The van der Waals surface area contributed by atoms with Crippen molar-refractivity contribution in [3.63, 3.8) is 0 Å². The van der Waals surface area contributed by atoms with Gasteiger partial charge in [0.05, 0.1) is 12.3 Å². The second-order valence-corrected chi connectivity index (χ2v) is 40.5. The Morgan fingerprint density at radius 1 is 0.360 bits per heavy atom. The minimum absolute atomic E-state index is 0.00694. The first-order valence-electron chi connectivity index (χ1n) is 40.1. The van der Waals surface area contributed by atoms with E-state index >= 15 is 0 Å². The van der Waals surface area contributed by atoms with Gasteiger partial charge in [0.1, 0.15) is 6.61 Å². The number of hydrogen-bond donors (Lipinski definition) is 0. The van der Waals surface area contributed by atoms with Gasteiger partial charge in [-0.1, -0.05) is 24.3 Å². The maximum Gasteiger partial charge on any atom is 0.410 e. The van der Waals surface area contributed by atoms with Crippen molar-refractivity contribution in [1.82, 2.24) is 47.7 Å². The molecule has 6 fully saturated rings. The van der Waals surface area contributed by atoms with Crippen LogP contribution in [-0.4, -0.2) is 173 Å². The third-order valence-electron chi connectivity index (χ3n) is 18.7. The standard InChI is InChI=1S/3C10H15NO.3C9H17NO.C9H13NO.C8H15NOS.C8H15NO.C7H13NO2/c1-8-5-6-9(12)11(7-8)10(2,3)4;1-8-6-5-7-11(9(8)12)10(2,3)4;1-8-6-5-7-9(12)11(8)10(2,3)4;1-7-5-6-8(11)10(7)9(2,3)4;3*1-9(2,3)10-7-5-4-6-8(10)11;1-8(2,3)9-4-5-11-6-7(9)10;1-8(2,3)9-6-4-5-7(9)10;1-7(2,3)8-4-5-10-6(8)9/h3*5-7H,1-4H3;7H,5-6H2,1-4H3;2*4-7H2,1-3H3;4-7H,1-3H3;4-6H2,1-3H3;4-6H2,1-3H3;4-5H2,1-3H3. The normalized spacial score (nSPS) is 17.3. The molecule has 0 aromatic carbocycles. The third-order valence-corrected chi connectivity index (χ3v) is 19.7. The lowest BCUT2D eigenvalue weighted by Crippen LogP contribution is -2.49. The number of thioether (sulfide) groups is 1. The lowest BCUT2D eigenvalue weighted by molar-refractivity contribution is -0.139. The zero-order valence-corrected chi connectivity index (χ0v) is 76.5. The third kappa shape index (κ3) is 35.8.